The van der Waals surface area contributed by atoms with Crippen molar-refractivity contribution in [3.05, 3.63) is 71.3 Å². The van der Waals surface area contributed by atoms with Crippen LogP contribution in [0.5, 0.6) is 0 Å². The second-order valence-corrected chi connectivity index (χ2v) is 9.29. The van der Waals surface area contributed by atoms with Gasteiger partial charge in [0.2, 0.25) is 0 Å². The Hall–Kier alpha value is -4.13. The molecule has 1 aliphatic carbocycles. The third kappa shape index (κ3) is 3.46. The summed E-state index contributed by atoms with van der Waals surface area (Å²) in [5.41, 5.74) is 5.53. The SMILES string of the molecule is COC(=O)c1ccc(Nc2cc(N3CCC(C)CC3)c3noc4c3c2C(=O)c2ccccc2-4)cc1. The summed E-state index contributed by atoms with van der Waals surface area (Å²) >= 11 is 0. The molecule has 3 aromatic carbocycles. The summed E-state index contributed by atoms with van der Waals surface area (Å²) in [5, 5.41) is 8.64. The van der Waals surface area contributed by atoms with Crippen molar-refractivity contribution in [2.75, 3.05) is 30.4 Å². The topological polar surface area (TPSA) is 84.7 Å². The van der Waals surface area contributed by atoms with Crippen LogP contribution < -0.4 is 10.2 Å². The zero-order valence-electron chi connectivity index (χ0n) is 19.6. The molecule has 0 saturated carbocycles. The first kappa shape index (κ1) is 21.4. The number of nitrogens with one attached hydrogen (secondary N) is 1. The number of hydrogen-bond acceptors (Lipinski definition) is 7. The lowest BCUT2D eigenvalue weighted by molar-refractivity contribution is 0.0600. The Bertz CT molecular complexity index is 1460. The standard InChI is InChI=1S/C28H25N3O4/c1-16-11-13-31(14-12-16)22-15-21(29-18-9-7-17(8-10-18)28(33)34-2)23-24-25(22)30-35-27(24)20-6-4-3-5-19(20)26(23)32/h3-10,15-16,29H,11-14H2,1-2H3. The largest absolute Gasteiger partial charge is 0.465 e. The van der Waals surface area contributed by atoms with E-state index >= 15 is 0 Å². The normalized spacial score (nSPS) is 15.3. The Morgan fingerprint density at radius 3 is 2.51 bits per heavy atom. The van der Waals surface area contributed by atoms with Crippen LogP contribution in [0.3, 0.4) is 0 Å². The minimum absolute atomic E-state index is 0.0613. The van der Waals surface area contributed by atoms with Crippen LogP contribution in [0.25, 0.3) is 22.2 Å². The van der Waals surface area contributed by atoms with Crippen LogP contribution in [-0.2, 0) is 4.74 Å². The van der Waals surface area contributed by atoms with Crippen LogP contribution >= 0.6 is 0 Å². The number of ether oxygens (including phenoxy) is 1. The van der Waals surface area contributed by atoms with Gasteiger partial charge in [-0.05, 0) is 49.1 Å². The molecule has 7 heteroatoms. The third-order valence-corrected chi connectivity index (χ3v) is 7.09. The van der Waals surface area contributed by atoms with Gasteiger partial charge >= 0.3 is 5.97 Å². The van der Waals surface area contributed by atoms with Crippen molar-refractivity contribution in [1.29, 1.82) is 0 Å². The molecule has 1 N–H and O–H groups in total. The summed E-state index contributed by atoms with van der Waals surface area (Å²) in [6, 6.07) is 16.5. The Morgan fingerprint density at radius 1 is 1.09 bits per heavy atom. The number of carbonyl (C=O) groups excluding carboxylic acids is 2. The maximum atomic E-state index is 13.7. The number of hydrogen-bond donors (Lipinski definition) is 1. The molecule has 0 unspecified atom stereocenters. The molecule has 0 radical (unpaired) electrons. The van der Waals surface area contributed by atoms with Crippen LogP contribution in [0, 0.1) is 5.92 Å². The summed E-state index contributed by atoms with van der Waals surface area (Å²) in [6.07, 6.45) is 2.21. The van der Waals surface area contributed by atoms with E-state index in [1.165, 1.54) is 7.11 Å². The van der Waals surface area contributed by atoms with E-state index in [2.05, 4.69) is 22.3 Å². The van der Waals surface area contributed by atoms with E-state index < -0.39 is 5.97 Å². The molecule has 0 amide bonds. The molecule has 2 heterocycles. The average molecular weight is 468 g/mol. The van der Waals surface area contributed by atoms with Crippen LogP contribution in [0.2, 0.25) is 0 Å². The van der Waals surface area contributed by atoms with Gasteiger partial charge in [0.25, 0.3) is 0 Å². The van der Waals surface area contributed by atoms with E-state index in [9.17, 15) is 9.59 Å². The van der Waals surface area contributed by atoms with E-state index in [0.717, 1.165) is 53.8 Å². The highest BCUT2D eigenvalue weighted by Crippen LogP contribution is 2.46. The van der Waals surface area contributed by atoms with Crippen LogP contribution in [0.1, 0.15) is 46.0 Å². The van der Waals surface area contributed by atoms with Gasteiger partial charge < -0.3 is 19.5 Å². The molecule has 1 aromatic heterocycles. The Labute approximate surface area is 202 Å². The highest BCUT2D eigenvalue weighted by molar-refractivity contribution is 6.28. The van der Waals surface area contributed by atoms with E-state index in [1.54, 1.807) is 24.3 Å². The fraction of sp³-hybridized carbons (Fsp3) is 0.250. The molecule has 2 aliphatic rings. The fourth-order valence-electron chi connectivity index (χ4n) is 5.09. The Balaban J connectivity index is 1.52. The summed E-state index contributed by atoms with van der Waals surface area (Å²) < 4.78 is 10.7. The molecular formula is C28H25N3O4. The van der Waals surface area contributed by atoms with Crippen molar-refractivity contribution in [3.63, 3.8) is 0 Å². The van der Waals surface area contributed by atoms with Gasteiger partial charge in [0.05, 0.1) is 35.0 Å². The summed E-state index contributed by atoms with van der Waals surface area (Å²) in [6.45, 7) is 4.13. The minimum atomic E-state index is -0.393. The van der Waals surface area contributed by atoms with Gasteiger partial charge in [-0.15, -0.1) is 0 Å². The number of piperidine rings is 1. The molecule has 35 heavy (non-hydrogen) atoms. The average Bonchev–Trinajstić information content (AvgIpc) is 3.33. The second-order valence-electron chi connectivity index (χ2n) is 9.29. The molecule has 4 aromatic rings. The number of aromatic nitrogens is 1. The van der Waals surface area contributed by atoms with E-state index in [1.807, 2.05) is 30.3 Å². The second kappa shape index (κ2) is 8.27. The molecule has 6 rings (SSSR count). The molecule has 0 spiro atoms. The first-order valence-corrected chi connectivity index (χ1v) is 11.9. The van der Waals surface area contributed by atoms with Crippen molar-refractivity contribution >= 4 is 39.7 Å². The van der Waals surface area contributed by atoms with E-state index in [0.29, 0.717) is 34.1 Å². The number of carbonyl (C=O) groups is 2. The first-order valence-electron chi connectivity index (χ1n) is 11.9. The summed E-state index contributed by atoms with van der Waals surface area (Å²) in [5.74, 6) is 0.859. The minimum Gasteiger partial charge on any atom is -0.465 e. The highest BCUT2D eigenvalue weighted by Gasteiger charge is 2.34. The van der Waals surface area contributed by atoms with Crippen molar-refractivity contribution in [2.24, 2.45) is 5.92 Å². The number of benzene rings is 3. The monoisotopic (exact) mass is 467 g/mol. The molecule has 176 valence electrons. The zero-order chi connectivity index (χ0) is 24.1. The van der Waals surface area contributed by atoms with Crippen LogP contribution in [0.4, 0.5) is 17.1 Å². The quantitative estimate of drug-likeness (QED) is 0.334. The van der Waals surface area contributed by atoms with Gasteiger partial charge in [-0.2, -0.15) is 0 Å². The number of fused-ring (bicyclic) bond motifs is 2. The predicted molar refractivity (Wildman–Crippen MR) is 135 cm³/mol. The molecule has 0 atom stereocenters. The van der Waals surface area contributed by atoms with Gasteiger partial charge in [-0.25, -0.2) is 4.79 Å². The molecule has 1 aliphatic heterocycles. The number of anilines is 3. The van der Waals surface area contributed by atoms with Gasteiger partial charge in [-0.1, -0.05) is 36.3 Å². The molecule has 7 nitrogen and oxygen atoms in total. The first-order chi connectivity index (χ1) is 17.0. The lowest BCUT2D eigenvalue weighted by Crippen LogP contribution is -2.33. The number of esters is 1. The number of methoxy groups -OCH3 is 1. The number of ketones is 1. The number of rotatable bonds is 4. The lowest BCUT2D eigenvalue weighted by atomic mass is 9.86. The lowest BCUT2D eigenvalue weighted by Gasteiger charge is -2.33. The summed E-state index contributed by atoms with van der Waals surface area (Å²) in [7, 11) is 1.36. The Kier molecular flexibility index (Phi) is 5.06. The van der Waals surface area contributed by atoms with Crippen molar-refractivity contribution in [3.8, 4) is 11.3 Å². The van der Waals surface area contributed by atoms with Gasteiger partial charge in [0.15, 0.2) is 11.5 Å². The predicted octanol–water partition coefficient (Wildman–Crippen LogP) is 5.81. The molecule has 0 bridgehead atoms. The number of nitrogens with zero attached hydrogens (tertiary/aromatic N) is 2. The smallest absolute Gasteiger partial charge is 0.337 e. The van der Waals surface area contributed by atoms with Crippen molar-refractivity contribution < 1.29 is 18.8 Å². The fourth-order valence-corrected chi connectivity index (χ4v) is 5.09. The third-order valence-electron chi connectivity index (χ3n) is 7.09. The van der Waals surface area contributed by atoms with Crippen molar-refractivity contribution in [1.82, 2.24) is 5.16 Å². The van der Waals surface area contributed by atoms with Gasteiger partial charge in [-0.3, -0.25) is 4.79 Å². The van der Waals surface area contributed by atoms with E-state index in [4.69, 9.17) is 9.26 Å². The van der Waals surface area contributed by atoms with Gasteiger partial charge in [0.1, 0.15) is 5.52 Å². The van der Waals surface area contributed by atoms with Gasteiger partial charge in [0, 0.05) is 29.9 Å². The Morgan fingerprint density at radius 2 is 1.80 bits per heavy atom. The molecule has 1 fully saturated rings. The van der Waals surface area contributed by atoms with E-state index in [-0.39, 0.29) is 5.78 Å². The maximum Gasteiger partial charge on any atom is 0.337 e. The van der Waals surface area contributed by atoms with Crippen LogP contribution in [-0.4, -0.2) is 37.1 Å². The van der Waals surface area contributed by atoms with Crippen LogP contribution in [0.15, 0.2) is 59.1 Å². The summed E-state index contributed by atoms with van der Waals surface area (Å²) in [4.78, 5) is 27.9. The zero-order valence-corrected chi connectivity index (χ0v) is 19.6. The highest BCUT2D eigenvalue weighted by atomic mass is 16.5. The maximum absolute atomic E-state index is 13.7. The molecular weight excluding hydrogens is 442 g/mol. The molecule has 1 saturated heterocycles. The van der Waals surface area contributed by atoms with Crippen molar-refractivity contribution in [2.45, 2.75) is 19.8 Å².